The van der Waals surface area contributed by atoms with Crippen LogP contribution in [0, 0.1) is 5.82 Å². The van der Waals surface area contributed by atoms with Crippen molar-refractivity contribution in [1.82, 2.24) is 4.90 Å². The zero-order valence-corrected chi connectivity index (χ0v) is 22.1. The minimum absolute atomic E-state index is 0.00118. The minimum Gasteiger partial charge on any atom is -0.485 e. The van der Waals surface area contributed by atoms with Gasteiger partial charge in [-0.05, 0) is 53.6 Å². The number of halogens is 6. The molecule has 220 valence electrons. The van der Waals surface area contributed by atoms with Crippen molar-refractivity contribution >= 4 is 15.7 Å². The molecule has 0 saturated carbocycles. The highest BCUT2D eigenvalue weighted by Gasteiger charge is 2.38. The molecule has 3 aromatic carbocycles. The molecule has 7 nitrogen and oxygen atoms in total. The van der Waals surface area contributed by atoms with Crippen molar-refractivity contribution in [1.29, 1.82) is 0 Å². The Bertz CT molecular complexity index is 1510. The molecule has 0 aliphatic carbocycles. The molecule has 0 N–H and O–H groups in total. The molecule has 0 unspecified atom stereocenters. The van der Waals surface area contributed by atoms with Gasteiger partial charge in [-0.2, -0.15) is 22.0 Å². The van der Waals surface area contributed by atoms with Crippen molar-refractivity contribution in [2.45, 2.75) is 23.8 Å². The zero-order valence-electron chi connectivity index (χ0n) is 21.3. The highest BCUT2D eigenvalue weighted by Crippen LogP contribution is 2.41. The quantitative estimate of drug-likeness (QED) is 0.338. The fourth-order valence-electron chi connectivity index (χ4n) is 4.75. The second-order valence-corrected chi connectivity index (χ2v) is 11.3. The average molecular weight is 603 g/mol. The van der Waals surface area contributed by atoms with Gasteiger partial charge >= 0.3 is 12.8 Å². The summed E-state index contributed by atoms with van der Waals surface area (Å²) in [6.45, 7) is -0.929. The lowest BCUT2D eigenvalue weighted by molar-refractivity contribution is -0.137. The molecule has 0 amide bonds. The lowest BCUT2D eigenvalue weighted by atomic mass is 10.0. The smallest absolute Gasteiger partial charge is 0.416 e. The Labute approximate surface area is 231 Å². The molecule has 2 aliphatic heterocycles. The molecule has 0 radical (unpaired) electrons. The Morgan fingerprint density at radius 2 is 1.73 bits per heavy atom. The van der Waals surface area contributed by atoms with Gasteiger partial charge in [0.25, 0.3) is 10.0 Å². The molecule has 5 rings (SSSR count). The second-order valence-electron chi connectivity index (χ2n) is 9.45. The number of ether oxygens (including phenoxy) is 3. The topological polar surface area (TPSA) is 68.3 Å². The van der Waals surface area contributed by atoms with Gasteiger partial charge in [0, 0.05) is 25.7 Å². The molecule has 1 atom stereocenters. The number of fused-ring (bicyclic) bond motifs is 1. The number of nitrogens with zero attached hydrogens (tertiary/aromatic N) is 2. The predicted molar refractivity (Wildman–Crippen MR) is 136 cm³/mol. The van der Waals surface area contributed by atoms with Crippen LogP contribution in [-0.4, -0.2) is 65.4 Å². The van der Waals surface area contributed by atoms with E-state index >= 15 is 0 Å². The molecule has 0 aromatic heterocycles. The first-order valence-corrected chi connectivity index (χ1v) is 13.9. The summed E-state index contributed by atoms with van der Waals surface area (Å²) in [7, 11) is -4.55. The maximum Gasteiger partial charge on any atom is 0.416 e. The van der Waals surface area contributed by atoms with E-state index in [1.807, 2.05) is 4.90 Å². The SMILES string of the molecule is O=S(=O)(c1cccc(C(F)(F)F)c1)N1C[C@H](CN2CCOCC2)Oc2ccc(-c3cc(F)cc(OC(F)F)c3)cc21. The molecule has 1 saturated heterocycles. The van der Waals surface area contributed by atoms with Gasteiger partial charge in [0.15, 0.2) is 0 Å². The zero-order chi connectivity index (χ0) is 29.4. The summed E-state index contributed by atoms with van der Waals surface area (Å²) in [6, 6.07) is 10.7. The Kier molecular flexibility index (Phi) is 8.08. The van der Waals surface area contributed by atoms with E-state index in [1.54, 1.807) is 0 Å². The van der Waals surface area contributed by atoms with E-state index in [9.17, 15) is 34.8 Å². The summed E-state index contributed by atoms with van der Waals surface area (Å²) >= 11 is 0. The van der Waals surface area contributed by atoms with E-state index in [0.717, 1.165) is 40.7 Å². The van der Waals surface area contributed by atoms with Gasteiger partial charge in [0.1, 0.15) is 23.4 Å². The predicted octanol–water partition coefficient (Wildman–Crippen LogP) is 5.40. The molecule has 14 heteroatoms. The van der Waals surface area contributed by atoms with Crippen LogP contribution in [-0.2, 0) is 20.9 Å². The molecular weight excluding hydrogens is 578 g/mol. The van der Waals surface area contributed by atoms with Gasteiger partial charge < -0.3 is 14.2 Å². The van der Waals surface area contributed by atoms with Crippen LogP contribution in [0.2, 0.25) is 0 Å². The molecule has 1 fully saturated rings. The van der Waals surface area contributed by atoms with Gasteiger partial charge in [0.2, 0.25) is 0 Å². The number of sulfonamides is 1. The summed E-state index contributed by atoms with van der Waals surface area (Å²) in [5.41, 5.74) is -0.784. The largest absolute Gasteiger partial charge is 0.485 e. The molecule has 2 heterocycles. The van der Waals surface area contributed by atoms with Crippen LogP contribution in [0.1, 0.15) is 5.56 Å². The number of morpholine rings is 1. The van der Waals surface area contributed by atoms with Crippen molar-refractivity contribution < 1.29 is 49.0 Å². The van der Waals surface area contributed by atoms with Crippen LogP contribution in [0.5, 0.6) is 11.5 Å². The third-order valence-corrected chi connectivity index (χ3v) is 8.41. The highest BCUT2D eigenvalue weighted by atomic mass is 32.2. The van der Waals surface area contributed by atoms with E-state index in [-0.39, 0.29) is 29.1 Å². The Hall–Kier alpha value is -3.49. The summed E-state index contributed by atoms with van der Waals surface area (Å²) in [4.78, 5) is 1.45. The van der Waals surface area contributed by atoms with Crippen molar-refractivity contribution in [2.75, 3.05) is 43.7 Å². The average Bonchev–Trinajstić information content (AvgIpc) is 2.92. The first-order chi connectivity index (χ1) is 19.4. The van der Waals surface area contributed by atoms with E-state index < -0.39 is 50.9 Å². The third-order valence-electron chi connectivity index (χ3n) is 6.64. The summed E-state index contributed by atoms with van der Waals surface area (Å²) in [5.74, 6) is -1.18. The van der Waals surface area contributed by atoms with Crippen LogP contribution in [0.4, 0.5) is 32.0 Å². The first-order valence-electron chi connectivity index (χ1n) is 12.5. The van der Waals surface area contributed by atoms with Gasteiger partial charge in [-0.15, -0.1) is 0 Å². The number of benzene rings is 3. The lowest BCUT2D eigenvalue weighted by Gasteiger charge is -2.38. The summed E-state index contributed by atoms with van der Waals surface area (Å²) < 4.78 is 124. The lowest BCUT2D eigenvalue weighted by Crippen LogP contribution is -2.50. The van der Waals surface area contributed by atoms with E-state index in [2.05, 4.69) is 4.74 Å². The van der Waals surface area contributed by atoms with Crippen LogP contribution < -0.4 is 13.8 Å². The van der Waals surface area contributed by atoms with Crippen LogP contribution in [0.25, 0.3) is 11.1 Å². The standard InChI is InChI=1S/C27H24F6N2O5S/c28-20-10-18(11-21(14-20)40-26(29)30)17-4-5-25-24(12-17)35(16-22(39-25)15-34-6-8-38-9-7-34)41(36,37)23-3-1-2-19(13-23)27(31,32)33/h1-5,10-14,22,26H,6-9,15-16H2/t22-/m0/s1. The first kappa shape index (κ1) is 29.0. The highest BCUT2D eigenvalue weighted by molar-refractivity contribution is 7.92. The van der Waals surface area contributed by atoms with Crippen LogP contribution >= 0.6 is 0 Å². The minimum atomic E-state index is -4.77. The summed E-state index contributed by atoms with van der Waals surface area (Å²) in [6.07, 6.45) is -5.44. The van der Waals surface area contributed by atoms with E-state index in [4.69, 9.17) is 9.47 Å². The van der Waals surface area contributed by atoms with Gasteiger partial charge in [-0.3, -0.25) is 9.21 Å². The summed E-state index contributed by atoms with van der Waals surface area (Å²) in [5, 5.41) is 0. The second kappa shape index (κ2) is 11.4. The third kappa shape index (κ3) is 6.54. The maximum absolute atomic E-state index is 14.2. The van der Waals surface area contributed by atoms with Gasteiger partial charge in [-0.25, -0.2) is 12.8 Å². The van der Waals surface area contributed by atoms with Gasteiger partial charge in [-0.1, -0.05) is 12.1 Å². The maximum atomic E-state index is 14.2. The molecule has 3 aromatic rings. The van der Waals surface area contributed by atoms with Crippen molar-refractivity contribution in [3.8, 4) is 22.6 Å². The molecular formula is C27H24F6N2O5S. The van der Waals surface area contributed by atoms with Crippen LogP contribution in [0.3, 0.4) is 0 Å². The number of anilines is 1. The van der Waals surface area contributed by atoms with Crippen molar-refractivity contribution in [2.24, 2.45) is 0 Å². The Balaban J connectivity index is 1.57. The Morgan fingerprint density at radius 3 is 2.44 bits per heavy atom. The van der Waals surface area contributed by atoms with E-state index in [0.29, 0.717) is 38.9 Å². The fraction of sp³-hybridized carbons (Fsp3) is 0.333. The van der Waals surface area contributed by atoms with Gasteiger partial charge in [0.05, 0.1) is 35.9 Å². The number of rotatable bonds is 7. The number of hydrogen-bond acceptors (Lipinski definition) is 6. The van der Waals surface area contributed by atoms with Crippen LogP contribution in [0.15, 0.2) is 65.6 Å². The molecule has 2 aliphatic rings. The van der Waals surface area contributed by atoms with Crippen molar-refractivity contribution in [3.05, 3.63) is 72.0 Å². The van der Waals surface area contributed by atoms with Crippen molar-refractivity contribution in [3.63, 3.8) is 0 Å². The number of hydrogen-bond donors (Lipinski definition) is 0. The molecule has 41 heavy (non-hydrogen) atoms. The monoisotopic (exact) mass is 602 g/mol. The molecule has 0 bridgehead atoms. The normalized spacial score (nSPS) is 18.2. The Morgan fingerprint density at radius 1 is 0.976 bits per heavy atom. The molecule has 0 spiro atoms. The van der Waals surface area contributed by atoms with E-state index in [1.165, 1.54) is 18.2 Å². The number of alkyl halides is 5. The fourth-order valence-corrected chi connectivity index (χ4v) is 6.29.